The van der Waals surface area contributed by atoms with E-state index in [1.165, 1.54) is 16.7 Å². The van der Waals surface area contributed by atoms with Gasteiger partial charge in [-0.15, -0.1) is 0 Å². The summed E-state index contributed by atoms with van der Waals surface area (Å²) < 4.78 is -1.54. The molecule has 4 rings (SSSR count). The Kier molecular flexibility index (Phi) is 3.65. The van der Waals surface area contributed by atoms with Crippen LogP contribution in [-0.2, 0) is 14.9 Å². The molecular weight excluding hydrogens is 380 g/mol. The molecule has 2 aromatic rings. The van der Waals surface area contributed by atoms with Crippen molar-refractivity contribution in [3.05, 3.63) is 70.8 Å². The van der Waals surface area contributed by atoms with Gasteiger partial charge in [-0.3, -0.25) is 0 Å². The van der Waals surface area contributed by atoms with Crippen LogP contribution < -0.4 is 0 Å². The van der Waals surface area contributed by atoms with E-state index in [2.05, 4.69) is 76.2 Å². The summed E-state index contributed by atoms with van der Waals surface area (Å²) >= 11 is 20.4. The highest BCUT2D eigenvalue weighted by Gasteiger charge is 2.76. The largest absolute Gasteiger partial charge is 0.158 e. The zero-order chi connectivity index (χ0) is 18.5. The van der Waals surface area contributed by atoms with Crippen LogP contribution in [0, 0.1) is 5.41 Å². The monoisotopic (exact) mass is 404 g/mol. The highest BCUT2D eigenvalue weighted by molar-refractivity contribution is 8.07. The van der Waals surface area contributed by atoms with Crippen LogP contribution in [0.1, 0.15) is 49.9 Å². The molecule has 0 saturated carbocycles. The maximum atomic E-state index is 5.18. The summed E-state index contributed by atoms with van der Waals surface area (Å²) in [6.07, 6.45) is 0. The molecule has 0 bridgehead atoms. The van der Waals surface area contributed by atoms with Crippen LogP contribution in [0.2, 0.25) is 0 Å². The Hall–Kier alpha value is -0.160. The Morgan fingerprint density at radius 2 is 1.00 bits per heavy atom. The minimum Gasteiger partial charge on any atom is -0.158 e. The van der Waals surface area contributed by atoms with E-state index in [-0.39, 0.29) is 10.8 Å². The molecule has 1 unspecified atom stereocenters. The van der Waals surface area contributed by atoms with Gasteiger partial charge in [0.1, 0.15) is 4.08 Å². The van der Waals surface area contributed by atoms with E-state index >= 15 is 0 Å². The van der Waals surface area contributed by atoms with Crippen molar-refractivity contribution in [1.29, 1.82) is 0 Å². The molecule has 0 nitrogen and oxygen atoms in total. The quantitative estimate of drug-likeness (QED) is 0.306. The molecule has 0 aromatic heterocycles. The highest BCUT2D eigenvalue weighted by Crippen LogP contribution is 2.78. The van der Waals surface area contributed by atoms with Crippen molar-refractivity contribution in [2.45, 2.75) is 46.7 Å². The number of hydrogen-bond donors (Lipinski definition) is 4. The van der Waals surface area contributed by atoms with E-state index in [0.29, 0.717) is 0 Å². The predicted octanol–water partition coefficient (Wildman–Crippen LogP) is 5.87. The van der Waals surface area contributed by atoms with Crippen molar-refractivity contribution < 1.29 is 0 Å². The van der Waals surface area contributed by atoms with Gasteiger partial charge >= 0.3 is 0 Å². The minimum atomic E-state index is -0.775. The van der Waals surface area contributed by atoms with E-state index in [0.717, 1.165) is 5.56 Å². The van der Waals surface area contributed by atoms with Gasteiger partial charge in [0.25, 0.3) is 0 Å². The summed E-state index contributed by atoms with van der Waals surface area (Å²) in [6, 6.07) is 17.2. The molecule has 0 fully saturated rings. The molecule has 1 spiro atoms. The number of rotatable bonds is 0. The van der Waals surface area contributed by atoms with Crippen molar-refractivity contribution in [3.63, 3.8) is 0 Å². The Morgan fingerprint density at radius 1 is 0.600 bits per heavy atom. The van der Waals surface area contributed by atoms with Crippen molar-refractivity contribution in [2.75, 3.05) is 0 Å². The molecule has 2 aliphatic carbocycles. The van der Waals surface area contributed by atoms with E-state index in [1.807, 2.05) is 0 Å². The molecule has 0 heterocycles. The summed E-state index contributed by atoms with van der Waals surface area (Å²) in [4.78, 5) is 0. The number of benzene rings is 2. The van der Waals surface area contributed by atoms with Crippen LogP contribution in [-0.4, -0.2) is 4.08 Å². The third kappa shape index (κ3) is 1.70. The smallest absolute Gasteiger partial charge is 0.105 e. The number of fused-ring (bicyclic) bond motifs is 4. The maximum absolute atomic E-state index is 5.18. The molecule has 4 heteroatoms. The lowest BCUT2D eigenvalue weighted by Gasteiger charge is -2.54. The molecule has 0 aliphatic heterocycles. The van der Waals surface area contributed by atoms with Gasteiger partial charge in [-0.05, 0) is 33.1 Å². The standard InChI is InChI=1S/C21H24S4/c1-17(2)13-9-5-6-10-14(13)19(18(17,3)4)15-11-7-8-12-16(15)20(22,23)21(19,24)25/h5-12,22-25H,1-4H3. The first kappa shape index (κ1) is 18.2. The van der Waals surface area contributed by atoms with Gasteiger partial charge in [-0.25, -0.2) is 0 Å². The van der Waals surface area contributed by atoms with E-state index in [9.17, 15) is 0 Å². The number of hydrogen-bond acceptors (Lipinski definition) is 4. The van der Waals surface area contributed by atoms with Crippen LogP contribution in [0.15, 0.2) is 48.5 Å². The first-order valence-corrected chi connectivity index (χ1v) is 10.3. The molecule has 0 radical (unpaired) electrons. The molecule has 2 aromatic carbocycles. The van der Waals surface area contributed by atoms with Gasteiger partial charge in [0.15, 0.2) is 0 Å². The van der Waals surface area contributed by atoms with Crippen LogP contribution in [0.5, 0.6) is 0 Å². The predicted molar refractivity (Wildman–Crippen MR) is 121 cm³/mol. The summed E-state index contributed by atoms with van der Waals surface area (Å²) in [5, 5.41) is 0. The molecule has 2 aliphatic rings. The van der Waals surface area contributed by atoms with E-state index in [1.54, 1.807) is 0 Å². The van der Waals surface area contributed by atoms with Gasteiger partial charge in [0.05, 0.1) is 9.49 Å². The second-order valence-corrected chi connectivity index (χ2v) is 11.8. The lowest BCUT2D eigenvalue weighted by molar-refractivity contribution is 0.123. The lowest BCUT2D eigenvalue weighted by Crippen LogP contribution is -2.57. The van der Waals surface area contributed by atoms with Gasteiger partial charge in [0.2, 0.25) is 0 Å². The average Bonchev–Trinajstić information content (AvgIpc) is 2.78. The van der Waals surface area contributed by atoms with Gasteiger partial charge in [0, 0.05) is 0 Å². The van der Waals surface area contributed by atoms with Gasteiger partial charge in [-0.2, -0.15) is 50.5 Å². The third-order valence-corrected chi connectivity index (χ3v) is 10.4. The minimum absolute atomic E-state index is 0.0462. The van der Waals surface area contributed by atoms with E-state index < -0.39 is 13.6 Å². The molecule has 0 saturated heterocycles. The van der Waals surface area contributed by atoms with Gasteiger partial charge < -0.3 is 0 Å². The molecule has 132 valence electrons. The topological polar surface area (TPSA) is 0 Å². The average molecular weight is 405 g/mol. The van der Waals surface area contributed by atoms with Crippen molar-refractivity contribution >= 4 is 50.5 Å². The summed E-state index contributed by atoms with van der Waals surface area (Å²) in [7, 11) is 0. The SMILES string of the molecule is CC1(C)c2ccccc2C2(c3ccccc3C(S)(S)C2(S)S)C1(C)C. The first-order chi connectivity index (χ1) is 11.5. The first-order valence-electron chi connectivity index (χ1n) is 8.55. The Morgan fingerprint density at radius 3 is 1.52 bits per heavy atom. The van der Waals surface area contributed by atoms with Crippen molar-refractivity contribution in [1.82, 2.24) is 0 Å². The second-order valence-electron chi connectivity index (χ2n) is 8.44. The van der Waals surface area contributed by atoms with E-state index in [4.69, 9.17) is 50.5 Å². The zero-order valence-electron chi connectivity index (χ0n) is 14.9. The maximum Gasteiger partial charge on any atom is 0.105 e. The molecule has 0 amide bonds. The second kappa shape index (κ2) is 5.01. The fourth-order valence-electron chi connectivity index (χ4n) is 5.35. The Balaban J connectivity index is 2.25. The highest BCUT2D eigenvalue weighted by atomic mass is 32.2. The summed E-state index contributed by atoms with van der Waals surface area (Å²) in [6.45, 7) is 9.34. The Labute approximate surface area is 172 Å². The van der Waals surface area contributed by atoms with Crippen LogP contribution >= 0.6 is 50.5 Å². The molecular formula is C21H24S4. The fourth-order valence-corrected chi connectivity index (χ4v) is 7.36. The van der Waals surface area contributed by atoms with Crippen molar-refractivity contribution in [3.8, 4) is 0 Å². The number of thiol groups is 4. The summed E-state index contributed by atoms with van der Waals surface area (Å²) in [5.41, 5.74) is 4.41. The lowest BCUT2D eigenvalue weighted by atomic mass is 9.55. The normalized spacial score (nSPS) is 29.4. The van der Waals surface area contributed by atoms with Crippen LogP contribution in [0.25, 0.3) is 0 Å². The van der Waals surface area contributed by atoms with Gasteiger partial charge in [-0.1, -0.05) is 76.2 Å². The van der Waals surface area contributed by atoms with Crippen molar-refractivity contribution in [2.24, 2.45) is 5.41 Å². The molecule has 0 N–H and O–H groups in total. The third-order valence-electron chi connectivity index (χ3n) is 7.22. The molecule has 25 heavy (non-hydrogen) atoms. The fraction of sp³-hybridized carbons (Fsp3) is 0.429. The Bertz CT molecular complexity index is 803. The molecule has 1 atom stereocenters. The zero-order valence-corrected chi connectivity index (χ0v) is 18.5. The van der Waals surface area contributed by atoms with Crippen LogP contribution in [0.3, 0.4) is 0 Å². The van der Waals surface area contributed by atoms with Crippen LogP contribution in [0.4, 0.5) is 0 Å². The summed E-state index contributed by atoms with van der Waals surface area (Å²) in [5.74, 6) is 0.